The molecule has 134 valence electrons. The second kappa shape index (κ2) is 10.2. The van der Waals surface area contributed by atoms with Crippen molar-refractivity contribution in [2.24, 2.45) is 0 Å². The van der Waals surface area contributed by atoms with Crippen LogP contribution in [0.2, 0.25) is 0 Å². The lowest BCUT2D eigenvalue weighted by Crippen LogP contribution is -2.35. The molecule has 2 aromatic carbocycles. The van der Waals surface area contributed by atoms with Crippen LogP contribution in [0.1, 0.15) is 5.56 Å². The first-order valence-corrected chi connectivity index (χ1v) is 8.08. The normalized spacial score (nSPS) is 10.2. The maximum absolute atomic E-state index is 11.8. The Morgan fingerprint density at radius 2 is 1.44 bits per heavy atom. The van der Waals surface area contributed by atoms with Crippen LogP contribution in [0.4, 0.5) is 0 Å². The molecule has 0 aromatic heterocycles. The van der Waals surface area contributed by atoms with E-state index in [9.17, 15) is 4.79 Å². The highest BCUT2D eigenvalue weighted by Gasteiger charge is 2.01. The summed E-state index contributed by atoms with van der Waals surface area (Å²) >= 11 is 0. The summed E-state index contributed by atoms with van der Waals surface area (Å²) in [7, 11) is 3.25. The summed E-state index contributed by atoms with van der Waals surface area (Å²) in [4.78, 5) is 11.8. The number of ether oxygens (including phenoxy) is 3. The van der Waals surface area contributed by atoms with Crippen molar-refractivity contribution in [2.75, 3.05) is 33.9 Å². The van der Waals surface area contributed by atoms with E-state index in [1.165, 1.54) is 0 Å². The van der Waals surface area contributed by atoms with Crippen molar-refractivity contribution >= 4 is 5.91 Å². The van der Waals surface area contributed by atoms with Crippen LogP contribution in [0.15, 0.2) is 48.5 Å². The minimum Gasteiger partial charge on any atom is -0.497 e. The lowest BCUT2D eigenvalue weighted by atomic mass is 10.2. The highest BCUT2D eigenvalue weighted by atomic mass is 16.5. The Balaban J connectivity index is 1.56. The number of methoxy groups -OCH3 is 2. The van der Waals surface area contributed by atoms with Crippen LogP contribution >= 0.6 is 0 Å². The van der Waals surface area contributed by atoms with Gasteiger partial charge in [0.15, 0.2) is 0 Å². The van der Waals surface area contributed by atoms with Gasteiger partial charge in [-0.15, -0.1) is 0 Å². The van der Waals surface area contributed by atoms with Gasteiger partial charge in [-0.2, -0.15) is 0 Å². The zero-order valence-corrected chi connectivity index (χ0v) is 14.6. The summed E-state index contributed by atoms with van der Waals surface area (Å²) in [6.07, 6.45) is 0. The second-order valence-corrected chi connectivity index (χ2v) is 5.33. The van der Waals surface area contributed by atoms with Gasteiger partial charge in [0.2, 0.25) is 5.91 Å². The van der Waals surface area contributed by atoms with Crippen molar-refractivity contribution in [3.63, 3.8) is 0 Å². The zero-order valence-electron chi connectivity index (χ0n) is 14.6. The minimum atomic E-state index is -0.0553. The van der Waals surface area contributed by atoms with Crippen LogP contribution in [-0.2, 0) is 11.3 Å². The molecule has 25 heavy (non-hydrogen) atoms. The third-order valence-corrected chi connectivity index (χ3v) is 3.54. The van der Waals surface area contributed by atoms with Gasteiger partial charge in [0, 0.05) is 13.1 Å². The van der Waals surface area contributed by atoms with Gasteiger partial charge in [0.05, 0.1) is 20.8 Å². The summed E-state index contributed by atoms with van der Waals surface area (Å²) in [6.45, 7) is 1.81. The van der Waals surface area contributed by atoms with Crippen LogP contribution < -0.4 is 24.8 Å². The van der Waals surface area contributed by atoms with Gasteiger partial charge in [0.1, 0.15) is 23.9 Å². The molecule has 0 atom stereocenters. The molecule has 0 radical (unpaired) electrons. The maximum Gasteiger partial charge on any atom is 0.234 e. The second-order valence-electron chi connectivity index (χ2n) is 5.33. The third kappa shape index (κ3) is 6.73. The molecule has 2 rings (SSSR count). The largest absolute Gasteiger partial charge is 0.497 e. The van der Waals surface area contributed by atoms with E-state index in [4.69, 9.17) is 14.2 Å². The predicted octanol–water partition coefficient (Wildman–Crippen LogP) is 1.99. The van der Waals surface area contributed by atoms with Gasteiger partial charge in [-0.25, -0.2) is 0 Å². The molecule has 2 N–H and O–H groups in total. The van der Waals surface area contributed by atoms with Gasteiger partial charge < -0.3 is 24.8 Å². The highest BCUT2D eigenvalue weighted by molar-refractivity contribution is 5.77. The number of carbonyl (C=O) groups excluding carboxylic acids is 1. The molecule has 0 aliphatic carbocycles. The number of carbonyl (C=O) groups is 1. The number of hydrogen-bond donors (Lipinski definition) is 2. The Morgan fingerprint density at radius 3 is 2.04 bits per heavy atom. The molecule has 0 saturated carbocycles. The van der Waals surface area contributed by atoms with Crippen LogP contribution in [-0.4, -0.2) is 39.8 Å². The molecular formula is C19H24N2O4. The van der Waals surface area contributed by atoms with E-state index >= 15 is 0 Å². The molecule has 0 aliphatic heterocycles. The van der Waals surface area contributed by atoms with Crippen molar-refractivity contribution in [3.8, 4) is 17.2 Å². The van der Waals surface area contributed by atoms with Crippen LogP contribution in [0.5, 0.6) is 17.2 Å². The Bertz CT molecular complexity index is 641. The molecule has 0 aliphatic rings. The molecule has 0 fully saturated rings. The standard InChI is InChI=1S/C19H24N2O4/c1-23-16-5-3-15(4-6-16)13-21-19(22)14-20-11-12-25-18-9-7-17(24-2)8-10-18/h3-10,20H,11-14H2,1-2H3,(H,21,22). The first kappa shape index (κ1) is 18.6. The third-order valence-electron chi connectivity index (χ3n) is 3.54. The van der Waals surface area contributed by atoms with Gasteiger partial charge in [-0.3, -0.25) is 4.79 Å². The fourth-order valence-corrected chi connectivity index (χ4v) is 2.12. The maximum atomic E-state index is 11.8. The van der Waals surface area contributed by atoms with Crippen LogP contribution in [0, 0.1) is 0 Å². The van der Waals surface area contributed by atoms with Crippen LogP contribution in [0.3, 0.4) is 0 Å². The molecule has 0 unspecified atom stereocenters. The molecule has 2 aromatic rings. The fraction of sp³-hybridized carbons (Fsp3) is 0.316. The van der Waals surface area contributed by atoms with Gasteiger partial charge in [0.25, 0.3) is 0 Å². The van der Waals surface area contributed by atoms with E-state index in [1.807, 2.05) is 48.5 Å². The average Bonchev–Trinajstić information content (AvgIpc) is 2.67. The number of rotatable bonds is 10. The smallest absolute Gasteiger partial charge is 0.234 e. The quantitative estimate of drug-likeness (QED) is 0.645. The summed E-state index contributed by atoms with van der Waals surface area (Å²) in [6, 6.07) is 15.0. The minimum absolute atomic E-state index is 0.0553. The topological polar surface area (TPSA) is 68.8 Å². The van der Waals surface area contributed by atoms with Crippen LogP contribution in [0.25, 0.3) is 0 Å². The summed E-state index contributed by atoms with van der Waals surface area (Å²) in [5.41, 5.74) is 1.02. The van der Waals surface area contributed by atoms with E-state index < -0.39 is 0 Å². The average molecular weight is 344 g/mol. The number of hydrogen-bond acceptors (Lipinski definition) is 5. The molecule has 1 amide bonds. The van der Waals surface area contributed by atoms with E-state index in [-0.39, 0.29) is 12.5 Å². The Kier molecular flexibility index (Phi) is 7.59. The van der Waals surface area contributed by atoms with Crippen molar-refractivity contribution in [1.82, 2.24) is 10.6 Å². The predicted molar refractivity (Wildman–Crippen MR) is 96.2 cm³/mol. The molecule has 6 heteroatoms. The lowest BCUT2D eigenvalue weighted by molar-refractivity contribution is -0.120. The first-order valence-electron chi connectivity index (χ1n) is 8.08. The van der Waals surface area contributed by atoms with Crippen molar-refractivity contribution in [3.05, 3.63) is 54.1 Å². The first-order chi connectivity index (χ1) is 12.2. The van der Waals surface area contributed by atoms with Crippen molar-refractivity contribution in [1.29, 1.82) is 0 Å². The lowest BCUT2D eigenvalue weighted by Gasteiger charge is -2.09. The number of benzene rings is 2. The summed E-state index contributed by atoms with van der Waals surface area (Å²) < 4.78 is 15.8. The fourth-order valence-electron chi connectivity index (χ4n) is 2.12. The summed E-state index contributed by atoms with van der Waals surface area (Å²) in [5.74, 6) is 2.31. The van der Waals surface area contributed by atoms with E-state index in [0.717, 1.165) is 22.8 Å². The monoisotopic (exact) mass is 344 g/mol. The van der Waals surface area contributed by atoms with Crippen molar-refractivity contribution in [2.45, 2.75) is 6.54 Å². The van der Waals surface area contributed by atoms with Crippen molar-refractivity contribution < 1.29 is 19.0 Å². The van der Waals surface area contributed by atoms with Gasteiger partial charge >= 0.3 is 0 Å². The van der Waals surface area contributed by atoms with E-state index in [2.05, 4.69) is 10.6 Å². The molecule has 6 nitrogen and oxygen atoms in total. The molecule has 0 spiro atoms. The highest BCUT2D eigenvalue weighted by Crippen LogP contribution is 2.16. The summed E-state index contributed by atoms with van der Waals surface area (Å²) in [5, 5.41) is 5.91. The van der Waals surface area contributed by atoms with Gasteiger partial charge in [-0.05, 0) is 42.0 Å². The number of nitrogens with one attached hydrogen (secondary N) is 2. The molecule has 0 saturated heterocycles. The Hall–Kier alpha value is -2.73. The SMILES string of the molecule is COc1ccc(CNC(=O)CNCCOc2ccc(OC)cc2)cc1. The molecular weight excluding hydrogens is 320 g/mol. The van der Waals surface area contributed by atoms with E-state index in [0.29, 0.717) is 19.7 Å². The number of amides is 1. The van der Waals surface area contributed by atoms with Gasteiger partial charge in [-0.1, -0.05) is 12.1 Å². The molecule has 0 heterocycles. The Morgan fingerprint density at radius 1 is 0.880 bits per heavy atom. The molecule has 0 bridgehead atoms. The van der Waals surface area contributed by atoms with E-state index in [1.54, 1.807) is 14.2 Å². The Labute approximate surface area is 148 Å². The zero-order chi connectivity index (χ0) is 17.9.